The van der Waals surface area contributed by atoms with E-state index < -0.39 is 16.9 Å². The summed E-state index contributed by atoms with van der Waals surface area (Å²) >= 11 is 0. The average Bonchev–Trinajstić information content (AvgIpc) is 2.28. The van der Waals surface area contributed by atoms with E-state index in [0.717, 1.165) is 0 Å². The molecule has 0 heterocycles. The smallest absolute Gasteiger partial charge is 0.273 e. The molecule has 1 amide bonds. The third-order valence-corrected chi connectivity index (χ3v) is 2.06. The van der Waals surface area contributed by atoms with Crippen molar-refractivity contribution in [1.29, 1.82) is 0 Å². The number of hydrogen-bond acceptors (Lipinski definition) is 5. The lowest BCUT2D eigenvalue weighted by Crippen LogP contribution is -2.30. The van der Waals surface area contributed by atoms with Crippen molar-refractivity contribution in [3.63, 3.8) is 0 Å². The van der Waals surface area contributed by atoms with Crippen LogP contribution in [-0.4, -0.2) is 24.0 Å². The zero-order chi connectivity index (χ0) is 13.0. The molecule has 2 N–H and O–H groups in total. The van der Waals surface area contributed by atoms with E-state index in [9.17, 15) is 14.9 Å². The molecule has 0 saturated carbocycles. The highest BCUT2D eigenvalue weighted by Crippen LogP contribution is 2.31. The monoisotopic (exact) mass is 240 g/mol. The number of hydrogen-bond donors (Lipinski definition) is 1. The number of nitro benzene ring substituents is 1. The van der Waals surface area contributed by atoms with Gasteiger partial charge in [0.2, 0.25) is 0 Å². The first-order valence-corrected chi connectivity index (χ1v) is 4.74. The molecular weight excluding hydrogens is 228 g/mol. The third-order valence-electron chi connectivity index (χ3n) is 2.06. The summed E-state index contributed by atoms with van der Waals surface area (Å²) in [5, 5.41) is 10.6. The van der Waals surface area contributed by atoms with Crippen LogP contribution in [0.4, 0.5) is 5.69 Å². The van der Waals surface area contributed by atoms with E-state index in [4.69, 9.17) is 15.2 Å². The van der Waals surface area contributed by atoms with E-state index in [1.165, 1.54) is 32.2 Å². The molecule has 1 rings (SSSR count). The maximum atomic E-state index is 10.8. The van der Waals surface area contributed by atoms with Gasteiger partial charge in [-0.2, -0.15) is 0 Å². The molecule has 17 heavy (non-hydrogen) atoms. The largest absolute Gasteiger partial charge is 0.493 e. The van der Waals surface area contributed by atoms with E-state index in [-0.39, 0.29) is 11.4 Å². The molecule has 92 valence electrons. The molecule has 1 aromatic carbocycles. The fourth-order valence-electron chi connectivity index (χ4n) is 1.12. The number of nitrogens with zero attached hydrogens (tertiary/aromatic N) is 1. The summed E-state index contributed by atoms with van der Waals surface area (Å²) in [4.78, 5) is 20.9. The van der Waals surface area contributed by atoms with Crippen molar-refractivity contribution in [2.24, 2.45) is 5.73 Å². The molecule has 1 aromatic rings. The molecule has 7 nitrogen and oxygen atoms in total. The van der Waals surface area contributed by atoms with Crippen LogP contribution in [0.5, 0.6) is 11.5 Å². The standard InChI is InChI=1S/C10H12N2O5/c1-6(10(11)13)17-9-5-7(12(14)15)3-4-8(9)16-2/h3-6H,1-2H3,(H2,11,13). The summed E-state index contributed by atoms with van der Waals surface area (Å²) in [7, 11) is 1.39. The number of amides is 1. The van der Waals surface area contributed by atoms with Gasteiger partial charge in [-0.25, -0.2) is 0 Å². The average molecular weight is 240 g/mol. The number of carbonyl (C=O) groups is 1. The minimum Gasteiger partial charge on any atom is -0.493 e. The van der Waals surface area contributed by atoms with Gasteiger partial charge in [0.05, 0.1) is 18.1 Å². The number of nitro groups is 1. The van der Waals surface area contributed by atoms with Crippen LogP contribution in [0.25, 0.3) is 0 Å². The summed E-state index contributed by atoms with van der Waals surface area (Å²) in [6.45, 7) is 1.45. The molecule has 0 saturated heterocycles. The molecule has 1 atom stereocenters. The van der Waals surface area contributed by atoms with E-state index in [0.29, 0.717) is 5.75 Å². The second-order valence-electron chi connectivity index (χ2n) is 3.25. The Morgan fingerprint density at radius 1 is 1.47 bits per heavy atom. The first-order valence-electron chi connectivity index (χ1n) is 4.74. The molecular formula is C10H12N2O5. The molecule has 0 spiro atoms. The van der Waals surface area contributed by atoms with Crippen LogP contribution in [0.15, 0.2) is 18.2 Å². The number of nitrogens with two attached hydrogens (primary N) is 1. The predicted octanol–water partition coefficient (Wildman–Crippen LogP) is 0.856. The number of non-ortho nitro benzene ring substituents is 1. The van der Waals surface area contributed by atoms with Crippen LogP contribution >= 0.6 is 0 Å². The van der Waals surface area contributed by atoms with Gasteiger partial charge in [-0.3, -0.25) is 14.9 Å². The minimum atomic E-state index is -0.897. The molecule has 0 fully saturated rings. The van der Waals surface area contributed by atoms with E-state index in [2.05, 4.69) is 0 Å². The van der Waals surface area contributed by atoms with Gasteiger partial charge in [0.25, 0.3) is 11.6 Å². The number of primary amides is 1. The highest BCUT2D eigenvalue weighted by molar-refractivity contribution is 5.78. The van der Waals surface area contributed by atoms with E-state index in [1.807, 2.05) is 0 Å². The van der Waals surface area contributed by atoms with Gasteiger partial charge in [0.1, 0.15) is 0 Å². The lowest BCUT2D eigenvalue weighted by atomic mass is 10.2. The second-order valence-corrected chi connectivity index (χ2v) is 3.25. The number of rotatable bonds is 5. The van der Waals surface area contributed by atoms with Crippen molar-refractivity contribution >= 4 is 11.6 Å². The number of methoxy groups -OCH3 is 1. The maximum absolute atomic E-state index is 10.8. The summed E-state index contributed by atoms with van der Waals surface area (Å²) in [6.07, 6.45) is -0.897. The van der Waals surface area contributed by atoms with Crippen molar-refractivity contribution in [1.82, 2.24) is 0 Å². The predicted molar refractivity (Wildman–Crippen MR) is 58.9 cm³/mol. The van der Waals surface area contributed by atoms with Crippen molar-refractivity contribution in [2.75, 3.05) is 7.11 Å². The Morgan fingerprint density at radius 2 is 2.12 bits per heavy atom. The summed E-state index contributed by atoms with van der Waals surface area (Å²) in [5.74, 6) is -0.268. The van der Waals surface area contributed by atoms with Crippen molar-refractivity contribution in [3.05, 3.63) is 28.3 Å². The fraction of sp³-hybridized carbons (Fsp3) is 0.300. The number of ether oxygens (including phenoxy) is 2. The van der Waals surface area contributed by atoms with Gasteiger partial charge >= 0.3 is 0 Å². The Labute approximate surface area is 97.3 Å². The van der Waals surface area contributed by atoms with Crippen molar-refractivity contribution < 1.29 is 19.2 Å². The maximum Gasteiger partial charge on any atom is 0.273 e. The first-order chi connectivity index (χ1) is 7.95. The number of carbonyl (C=O) groups excluding carboxylic acids is 1. The molecule has 0 aromatic heterocycles. The van der Waals surface area contributed by atoms with Crippen molar-refractivity contribution in [3.8, 4) is 11.5 Å². The first kappa shape index (κ1) is 12.8. The van der Waals surface area contributed by atoms with Crippen LogP contribution < -0.4 is 15.2 Å². The molecule has 0 aliphatic rings. The molecule has 0 bridgehead atoms. The molecule has 7 heteroatoms. The van der Waals surface area contributed by atoms with Crippen LogP contribution in [-0.2, 0) is 4.79 Å². The van der Waals surface area contributed by atoms with Gasteiger partial charge in [0, 0.05) is 6.07 Å². The summed E-state index contributed by atoms with van der Waals surface area (Å²) < 4.78 is 10.1. The zero-order valence-corrected chi connectivity index (χ0v) is 9.38. The SMILES string of the molecule is COc1ccc([N+](=O)[O-])cc1OC(C)C(N)=O. The Bertz CT molecular complexity index is 446. The minimum absolute atomic E-state index is 0.105. The highest BCUT2D eigenvalue weighted by atomic mass is 16.6. The molecule has 0 aliphatic heterocycles. The van der Waals surface area contributed by atoms with Crippen LogP contribution in [0.3, 0.4) is 0 Å². The van der Waals surface area contributed by atoms with Gasteiger partial charge in [-0.1, -0.05) is 0 Å². The molecule has 1 unspecified atom stereocenters. The van der Waals surface area contributed by atoms with Crippen LogP contribution in [0, 0.1) is 10.1 Å². The van der Waals surface area contributed by atoms with Gasteiger partial charge in [-0.05, 0) is 13.0 Å². The number of benzene rings is 1. The van der Waals surface area contributed by atoms with E-state index >= 15 is 0 Å². The lowest BCUT2D eigenvalue weighted by molar-refractivity contribution is -0.385. The summed E-state index contributed by atoms with van der Waals surface area (Å²) in [6, 6.07) is 3.85. The zero-order valence-electron chi connectivity index (χ0n) is 9.38. The topological polar surface area (TPSA) is 105 Å². The van der Waals surface area contributed by atoms with Gasteiger partial charge in [-0.15, -0.1) is 0 Å². The third kappa shape index (κ3) is 3.07. The summed E-state index contributed by atoms with van der Waals surface area (Å²) in [5.41, 5.74) is 4.88. The lowest BCUT2D eigenvalue weighted by Gasteiger charge is -2.13. The molecule has 0 aliphatic carbocycles. The quantitative estimate of drug-likeness (QED) is 0.606. The second kappa shape index (κ2) is 5.15. The Hall–Kier alpha value is -2.31. The van der Waals surface area contributed by atoms with E-state index in [1.54, 1.807) is 0 Å². The highest BCUT2D eigenvalue weighted by Gasteiger charge is 2.17. The molecule has 0 radical (unpaired) electrons. The normalized spacial score (nSPS) is 11.6. The Morgan fingerprint density at radius 3 is 2.59 bits per heavy atom. The Balaban J connectivity index is 3.06. The van der Waals surface area contributed by atoms with Crippen LogP contribution in [0.2, 0.25) is 0 Å². The fourth-order valence-corrected chi connectivity index (χ4v) is 1.12. The van der Waals surface area contributed by atoms with Gasteiger partial charge < -0.3 is 15.2 Å². The van der Waals surface area contributed by atoms with Crippen molar-refractivity contribution in [2.45, 2.75) is 13.0 Å². The Kier molecular flexibility index (Phi) is 3.86. The van der Waals surface area contributed by atoms with Crippen LogP contribution in [0.1, 0.15) is 6.92 Å². The van der Waals surface area contributed by atoms with Gasteiger partial charge in [0.15, 0.2) is 17.6 Å².